The van der Waals surface area contributed by atoms with Crippen LogP contribution in [0.15, 0.2) is 12.8 Å². The van der Waals surface area contributed by atoms with Gasteiger partial charge in [-0.2, -0.15) is 0 Å². The maximum Gasteiger partial charge on any atom is 0.124 e. The minimum Gasteiger partial charge on any atom is -0.496 e. The summed E-state index contributed by atoms with van der Waals surface area (Å²) in [6, 6.07) is 0. The van der Waals surface area contributed by atoms with Gasteiger partial charge < -0.3 is 9.84 Å². The molecule has 0 saturated heterocycles. The minimum absolute atomic E-state index is 0.0657. The largest absolute Gasteiger partial charge is 0.496 e. The SMILES string of the molecule is C=COC(CCCCCCCC)C(O)CCCCCCCC(C)(C)CC. The zero-order chi connectivity index (χ0) is 19.7. The summed E-state index contributed by atoms with van der Waals surface area (Å²) in [6.07, 6.45) is 19.4. The Morgan fingerprint density at radius 3 is 1.96 bits per heavy atom. The molecule has 1 N–H and O–H groups in total. The predicted molar refractivity (Wildman–Crippen MR) is 115 cm³/mol. The summed E-state index contributed by atoms with van der Waals surface area (Å²) in [6.45, 7) is 12.9. The van der Waals surface area contributed by atoms with Crippen LogP contribution in [0.2, 0.25) is 0 Å². The van der Waals surface area contributed by atoms with Gasteiger partial charge >= 0.3 is 0 Å². The first-order valence-electron chi connectivity index (χ1n) is 11.4. The Bertz CT molecular complexity index is 311. The number of aliphatic hydroxyl groups is 1. The first kappa shape index (κ1) is 25.5. The topological polar surface area (TPSA) is 29.5 Å². The highest BCUT2D eigenvalue weighted by Gasteiger charge is 2.19. The Kier molecular flexibility index (Phi) is 16.3. The van der Waals surface area contributed by atoms with Crippen LogP contribution in [0.4, 0.5) is 0 Å². The van der Waals surface area contributed by atoms with E-state index < -0.39 is 0 Å². The van der Waals surface area contributed by atoms with Crippen molar-refractivity contribution in [1.29, 1.82) is 0 Å². The second-order valence-corrected chi connectivity index (χ2v) is 8.79. The third-order valence-corrected chi connectivity index (χ3v) is 5.85. The fraction of sp³-hybridized carbons (Fsp3) is 0.917. The van der Waals surface area contributed by atoms with Gasteiger partial charge in [-0.15, -0.1) is 0 Å². The summed E-state index contributed by atoms with van der Waals surface area (Å²) < 4.78 is 5.59. The van der Waals surface area contributed by atoms with Crippen LogP contribution in [0.1, 0.15) is 124 Å². The van der Waals surface area contributed by atoms with Crippen LogP contribution in [-0.2, 0) is 4.74 Å². The first-order valence-corrected chi connectivity index (χ1v) is 11.4. The van der Waals surface area contributed by atoms with Gasteiger partial charge in [-0.05, 0) is 31.1 Å². The zero-order valence-corrected chi connectivity index (χ0v) is 18.4. The van der Waals surface area contributed by atoms with Crippen LogP contribution in [-0.4, -0.2) is 17.3 Å². The molecule has 2 heteroatoms. The third-order valence-electron chi connectivity index (χ3n) is 5.85. The second-order valence-electron chi connectivity index (χ2n) is 8.79. The number of unbranched alkanes of at least 4 members (excludes halogenated alkanes) is 9. The molecule has 0 aliphatic rings. The fourth-order valence-corrected chi connectivity index (χ4v) is 3.45. The summed E-state index contributed by atoms with van der Waals surface area (Å²) in [5.74, 6) is 0. The summed E-state index contributed by atoms with van der Waals surface area (Å²) in [7, 11) is 0. The number of hydrogen-bond donors (Lipinski definition) is 1. The summed E-state index contributed by atoms with van der Waals surface area (Å²) >= 11 is 0. The molecule has 0 heterocycles. The Hall–Kier alpha value is -0.500. The van der Waals surface area contributed by atoms with Gasteiger partial charge in [-0.1, -0.05) is 105 Å². The van der Waals surface area contributed by atoms with Gasteiger partial charge in [0.05, 0.1) is 12.4 Å². The van der Waals surface area contributed by atoms with E-state index in [2.05, 4.69) is 34.3 Å². The molecule has 156 valence electrons. The highest BCUT2D eigenvalue weighted by Crippen LogP contribution is 2.27. The average Bonchev–Trinajstić information content (AvgIpc) is 2.62. The van der Waals surface area contributed by atoms with Crippen molar-refractivity contribution in [2.24, 2.45) is 5.41 Å². The van der Waals surface area contributed by atoms with E-state index in [1.165, 1.54) is 76.9 Å². The highest BCUT2D eigenvalue weighted by molar-refractivity contribution is 4.72. The molecule has 0 radical (unpaired) electrons. The Morgan fingerprint density at radius 2 is 1.38 bits per heavy atom. The van der Waals surface area contributed by atoms with Crippen LogP contribution < -0.4 is 0 Å². The van der Waals surface area contributed by atoms with Crippen LogP contribution in [0.25, 0.3) is 0 Å². The maximum atomic E-state index is 10.4. The van der Waals surface area contributed by atoms with Crippen molar-refractivity contribution in [3.05, 3.63) is 12.8 Å². The Labute approximate surface area is 164 Å². The molecule has 2 nitrogen and oxygen atoms in total. The molecule has 0 bridgehead atoms. The van der Waals surface area contributed by atoms with E-state index in [0.29, 0.717) is 5.41 Å². The van der Waals surface area contributed by atoms with Gasteiger partial charge in [0.25, 0.3) is 0 Å². The van der Waals surface area contributed by atoms with Crippen LogP contribution in [0.5, 0.6) is 0 Å². The lowest BCUT2D eigenvalue weighted by Gasteiger charge is -2.23. The molecule has 0 amide bonds. The van der Waals surface area contributed by atoms with Gasteiger partial charge in [0, 0.05) is 0 Å². The molecule has 26 heavy (non-hydrogen) atoms. The number of rotatable bonds is 19. The lowest BCUT2D eigenvalue weighted by molar-refractivity contribution is -0.00244. The number of ether oxygens (including phenoxy) is 1. The molecule has 0 aromatic heterocycles. The van der Waals surface area contributed by atoms with E-state index in [4.69, 9.17) is 4.74 Å². The van der Waals surface area contributed by atoms with Crippen molar-refractivity contribution in [3.8, 4) is 0 Å². The van der Waals surface area contributed by atoms with E-state index >= 15 is 0 Å². The highest BCUT2D eigenvalue weighted by atomic mass is 16.5. The standard InChI is InChI=1S/C24H48O2/c1-6-9-10-11-14-17-20-23(26-8-3)22(25)19-16-13-12-15-18-21-24(4,5)7-2/h8,22-23,25H,3,6-7,9-21H2,1-2,4-5H3. The third kappa shape index (κ3) is 14.6. The van der Waals surface area contributed by atoms with Crippen molar-refractivity contribution in [1.82, 2.24) is 0 Å². The van der Waals surface area contributed by atoms with Gasteiger partial charge in [0.2, 0.25) is 0 Å². The van der Waals surface area contributed by atoms with Crippen molar-refractivity contribution in [2.45, 2.75) is 136 Å². The lowest BCUT2D eigenvalue weighted by atomic mass is 9.84. The van der Waals surface area contributed by atoms with Gasteiger partial charge in [0.1, 0.15) is 6.10 Å². The summed E-state index contributed by atoms with van der Waals surface area (Å²) in [4.78, 5) is 0. The smallest absolute Gasteiger partial charge is 0.124 e. The summed E-state index contributed by atoms with van der Waals surface area (Å²) in [5, 5.41) is 10.4. The molecule has 0 saturated carbocycles. The van der Waals surface area contributed by atoms with Crippen LogP contribution in [0, 0.1) is 5.41 Å². The molecule has 0 spiro atoms. The molecule has 0 fully saturated rings. The molecular weight excluding hydrogens is 320 g/mol. The first-order chi connectivity index (χ1) is 12.5. The van der Waals surface area contributed by atoms with Gasteiger partial charge in [-0.3, -0.25) is 0 Å². The molecule has 2 atom stereocenters. The Balaban J connectivity index is 3.76. The number of hydrogen-bond acceptors (Lipinski definition) is 2. The molecule has 0 aliphatic carbocycles. The predicted octanol–water partition coefficient (Wildman–Crippen LogP) is 7.79. The monoisotopic (exact) mass is 368 g/mol. The quantitative estimate of drug-likeness (QED) is 0.186. The van der Waals surface area contributed by atoms with Crippen molar-refractivity contribution < 1.29 is 9.84 Å². The lowest BCUT2D eigenvalue weighted by Crippen LogP contribution is -2.27. The number of aliphatic hydroxyl groups excluding tert-OH is 1. The van der Waals surface area contributed by atoms with E-state index in [-0.39, 0.29) is 12.2 Å². The average molecular weight is 369 g/mol. The molecule has 0 rings (SSSR count). The molecule has 0 aromatic carbocycles. The Morgan fingerprint density at radius 1 is 0.846 bits per heavy atom. The normalized spacial score (nSPS) is 14.2. The van der Waals surface area contributed by atoms with Crippen LogP contribution >= 0.6 is 0 Å². The molecule has 0 aliphatic heterocycles. The summed E-state index contributed by atoms with van der Waals surface area (Å²) in [5.41, 5.74) is 0.502. The molecular formula is C24H48O2. The van der Waals surface area contributed by atoms with Crippen molar-refractivity contribution in [2.75, 3.05) is 0 Å². The second kappa shape index (κ2) is 16.7. The van der Waals surface area contributed by atoms with E-state index in [1.54, 1.807) is 0 Å². The molecule has 2 unspecified atom stereocenters. The van der Waals surface area contributed by atoms with E-state index in [9.17, 15) is 5.11 Å². The van der Waals surface area contributed by atoms with Crippen molar-refractivity contribution in [3.63, 3.8) is 0 Å². The van der Waals surface area contributed by atoms with Crippen LogP contribution in [0.3, 0.4) is 0 Å². The maximum absolute atomic E-state index is 10.4. The van der Waals surface area contributed by atoms with Gasteiger partial charge in [0.15, 0.2) is 0 Å². The molecule has 0 aromatic rings. The zero-order valence-electron chi connectivity index (χ0n) is 18.4. The van der Waals surface area contributed by atoms with E-state index in [1.807, 2.05) is 0 Å². The van der Waals surface area contributed by atoms with Crippen molar-refractivity contribution >= 4 is 0 Å². The fourth-order valence-electron chi connectivity index (χ4n) is 3.45. The minimum atomic E-state index is -0.345. The van der Waals surface area contributed by atoms with E-state index in [0.717, 1.165) is 25.7 Å². The van der Waals surface area contributed by atoms with Gasteiger partial charge in [-0.25, -0.2) is 0 Å².